The summed E-state index contributed by atoms with van der Waals surface area (Å²) in [6.45, 7) is 6.64. The molecule has 8 heteroatoms. The zero-order chi connectivity index (χ0) is 26.4. The van der Waals surface area contributed by atoms with Gasteiger partial charge in [0.05, 0.1) is 11.7 Å². The van der Waals surface area contributed by atoms with Crippen molar-refractivity contribution < 1.29 is 14.0 Å². The third-order valence-electron chi connectivity index (χ3n) is 5.98. The van der Waals surface area contributed by atoms with Gasteiger partial charge in [-0.2, -0.15) is 0 Å². The summed E-state index contributed by atoms with van der Waals surface area (Å²) in [4.78, 5) is 37.7. The Kier molecular flexibility index (Phi) is 8.08. The van der Waals surface area contributed by atoms with Gasteiger partial charge >= 0.3 is 0 Å². The number of carbonyl (C=O) groups is 2. The molecule has 190 valence electrons. The van der Waals surface area contributed by atoms with Gasteiger partial charge in [0.15, 0.2) is 0 Å². The van der Waals surface area contributed by atoms with Crippen molar-refractivity contribution in [2.45, 2.75) is 38.6 Å². The highest BCUT2D eigenvalue weighted by Crippen LogP contribution is 2.32. The number of rotatable bonds is 8. The van der Waals surface area contributed by atoms with Crippen LogP contribution in [0.15, 0.2) is 84.8 Å². The van der Waals surface area contributed by atoms with Crippen LogP contribution in [0, 0.1) is 5.82 Å². The van der Waals surface area contributed by atoms with E-state index in [1.54, 1.807) is 36.1 Å². The summed E-state index contributed by atoms with van der Waals surface area (Å²) in [6.07, 6.45) is 5.17. The van der Waals surface area contributed by atoms with Gasteiger partial charge in [0.25, 0.3) is 5.91 Å². The van der Waals surface area contributed by atoms with Crippen LogP contribution >= 0.6 is 11.3 Å². The average Bonchev–Trinajstić information content (AvgIpc) is 3.42. The number of hydrogen-bond donors (Lipinski definition) is 1. The van der Waals surface area contributed by atoms with Crippen LogP contribution < -0.4 is 10.2 Å². The second-order valence-corrected chi connectivity index (χ2v) is 10.6. The van der Waals surface area contributed by atoms with Crippen LogP contribution in [0.3, 0.4) is 0 Å². The first-order chi connectivity index (χ1) is 17.7. The molecule has 0 radical (unpaired) electrons. The van der Waals surface area contributed by atoms with Crippen molar-refractivity contribution in [3.8, 4) is 0 Å². The molecule has 0 aliphatic heterocycles. The number of anilines is 1. The zero-order valence-electron chi connectivity index (χ0n) is 21.0. The molecule has 0 spiro atoms. The molecular weight excluding hydrogens is 487 g/mol. The molecule has 1 atom stereocenters. The van der Waals surface area contributed by atoms with E-state index in [4.69, 9.17) is 0 Å². The van der Waals surface area contributed by atoms with Crippen LogP contribution in [0.4, 0.5) is 10.1 Å². The van der Waals surface area contributed by atoms with E-state index in [1.807, 2.05) is 30.3 Å². The van der Waals surface area contributed by atoms with Gasteiger partial charge in [-0.25, -0.2) is 4.39 Å². The van der Waals surface area contributed by atoms with E-state index in [0.717, 1.165) is 11.1 Å². The molecule has 4 rings (SSSR count). The van der Waals surface area contributed by atoms with Gasteiger partial charge in [-0.15, -0.1) is 11.3 Å². The Bertz CT molecular complexity index is 1340. The van der Waals surface area contributed by atoms with Crippen LogP contribution in [0.25, 0.3) is 0 Å². The molecular formula is C29H29FN4O2S. The summed E-state index contributed by atoms with van der Waals surface area (Å²) in [5.74, 6) is -1.01. The second-order valence-electron chi connectivity index (χ2n) is 9.70. The molecule has 0 aliphatic carbocycles. The minimum absolute atomic E-state index is 0.0674. The van der Waals surface area contributed by atoms with Crippen LogP contribution in [-0.4, -0.2) is 28.3 Å². The first kappa shape index (κ1) is 26.2. The van der Waals surface area contributed by atoms with E-state index in [-0.39, 0.29) is 29.6 Å². The number of hydrogen-bond acceptors (Lipinski definition) is 5. The Morgan fingerprint density at radius 3 is 2.43 bits per heavy atom. The number of nitrogens with one attached hydrogen (secondary N) is 1. The summed E-state index contributed by atoms with van der Waals surface area (Å²) in [6, 6.07) is 16.5. The lowest BCUT2D eigenvalue weighted by molar-refractivity contribution is -0.122. The lowest BCUT2D eigenvalue weighted by Crippen LogP contribution is -2.44. The van der Waals surface area contributed by atoms with Gasteiger partial charge in [-0.05, 0) is 53.3 Å². The molecule has 6 nitrogen and oxygen atoms in total. The average molecular weight is 517 g/mol. The molecule has 0 saturated carbocycles. The van der Waals surface area contributed by atoms with Crippen molar-refractivity contribution in [3.63, 3.8) is 0 Å². The molecule has 1 N–H and O–H groups in total. The van der Waals surface area contributed by atoms with Gasteiger partial charge in [0.2, 0.25) is 5.91 Å². The fourth-order valence-corrected chi connectivity index (χ4v) is 4.58. The highest BCUT2D eigenvalue weighted by atomic mass is 32.1. The number of halogens is 1. The van der Waals surface area contributed by atoms with E-state index < -0.39 is 6.04 Å². The summed E-state index contributed by atoms with van der Waals surface area (Å²) in [7, 11) is 0. The highest BCUT2D eigenvalue weighted by Gasteiger charge is 2.34. The Labute approximate surface area is 220 Å². The minimum atomic E-state index is -0.976. The summed E-state index contributed by atoms with van der Waals surface area (Å²) in [5.41, 5.74) is 4.56. The number of nitrogens with zero attached hydrogens (tertiary/aromatic N) is 3. The predicted molar refractivity (Wildman–Crippen MR) is 144 cm³/mol. The van der Waals surface area contributed by atoms with Crippen LogP contribution in [-0.2, 0) is 16.6 Å². The standard InChI is InChI=1S/C29H29FN4O2S/c1-29(2,3)22-9-11-24(12-10-22)34(28(36)25-18-32-19-37-25)26(21-7-5-14-31-17-21)27(35)33-15-13-20-6-4-8-23(30)16-20/h4-12,14,16-19,26H,13,15H2,1-3H3,(H,33,35). The molecule has 37 heavy (non-hydrogen) atoms. The van der Waals surface area contributed by atoms with Gasteiger partial charge in [-0.3, -0.25) is 24.5 Å². The van der Waals surface area contributed by atoms with Crippen LogP contribution in [0.2, 0.25) is 0 Å². The lowest BCUT2D eigenvalue weighted by Gasteiger charge is -2.31. The van der Waals surface area contributed by atoms with E-state index in [9.17, 15) is 14.0 Å². The maximum absolute atomic E-state index is 13.8. The fraction of sp³-hybridized carbons (Fsp3) is 0.241. The number of carbonyl (C=O) groups excluding carboxylic acids is 2. The summed E-state index contributed by atoms with van der Waals surface area (Å²) >= 11 is 1.22. The highest BCUT2D eigenvalue weighted by molar-refractivity contribution is 7.11. The molecule has 0 saturated heterocycles. The number of thiazole rings is 1. The Hall–Kier alpha value is -3.91. The number of pyridine rings is 1. The van der Waals surface area contributed by atoms with E-state index in [1.165, 1.54) is 34.6 Å². The van der Waals surface area contributed by atoms with Crippen LogP contribution in [0.5, 0.6) is 0 Å². The van der Waals surface area contributed by atoms with Crippen molar-refractivity contribution >= 4 is 28.8 Å². The SMILES string of the molecule is CC(C)(C)c1ccc(N(C(=O)c2cncs2)C(C(=O)NCCc2cccc(F)c2)c2cccnc2)cc1. The predicted octanol–water partition coefficient (Wildman–Crippen LogP) is 5.72. The Balaban J connectivity index is 1.69. The molecule has 1 unspecified atom stereocenters. The van der Waals surface area contributed by atoms with E-state index in [2.05, 4.69) is 36.1 Å². The van der Waals surface area contributed by atoms with Gasteiger partial charge in [0.1, 0.15) is 16.7 Å². The van der Waals surface area contributed by atoms with Crippen LogP contribution in [0.1, 0.15) is 53.2 Å². The minimum Gasteiger partial charge on any atom is -0.354 e. The number of aromatic nitrogens is 2. The Morgan fingerprint density at radius 2 is 1.81 bits per heavy atom. The quantitative estimate of drug-likeness (QED) is 0.325. The van der Waals surface area contributed by atoms with Crippen molar-refractivity contribution in [1.29, 1.82) is 0 Å². The summed E-state index contributed by atoms with van der Waals surface area (Å²) in [5, 5.41) is 2.94. The molecule has 2 aromatic heterocycles. The first-order valence-electron chi connectivity index (χ1n) is 12.0. The third-order valence-corrected chi connectivity index (χ3v) is 6.74. The molecule has 4 aromatic rings. The molecule has 0 fully saturated rings. The monoisotopic (exact) mass is 516 g/mol. The maximum atomic E-state index is 13.8. The Morgan fingerprint density at radius 1 is 1.03 bits per heavy atom. The maximum Gasteiger partial charge on any atom is 0.271 e. The largest absolute Gasteiger partial charge is 0.354 e. The van der Waals surface area contributed by atoms with Gasteiger partial charge in [0, 0.05) is 30.2 Å². The summed E-state index contributed by atoms with van der Waals surface area (Å²) < 4.78 is 13.6. The topological polar surface area (TPSA) is 75.2 Å². The second kappa shape index (κ2) is 11.4. The molecule has 2 aromatic carbocycles. The zero-order valence-corrected chi connectivity index (χ0v) is 21.8. The van der Waals surface area contributed by atoms with Gasteiger partial charge < -0.3 is 5.32 Å². The van der Waals surface area contributed by atoms with Crippen molar-refractivity contribution in [3.05, 3.63) is 112 Å². The van der Waals surface area contributed by atoms with Crippen molar-refractivity contribution in [2.75, 3.05) is 11.4 Å². The van der Waals surface area contributed by atoms with Gasteiger partial charge in [-0.1, -0.05) is 51.1 Å². The molecule has 2 amide bonds. The number of amides is 2. The van der Waals surface area contributed by atoms with Crippen molar-refractivity contribution in [2.24, 2.45) is 0 Å². The molecule has 2 heterocycles. The smallest absolute Gasteiger partial charge is 0.271 e. The van der Waals surface area contributed by atoms with E-state index in [0.29, 0.717) is 22.5 Å². The molecule has 0 bridgehead atoms. The number of benzene rings is 2. The molecule has 0 aliphatic rings. The van der Waals surface area contributed by atoms with Crippen molar-refractivity contribution in [1.82, 2.24) is 15.3 Å². The fourth-order valence-electron chi connectivity index (χ4n) is 4.02. The third kappa shape index (κ3) is 6.46. The lowest BCUT2D eigenvalue weighted by atomic mass is 9.87. The van der Waals surface area contributed by atoms with E-state index >= 15 is 0 Å². The first-order valence-corrected chi connectivity index (χ1v) is 12.9. The normalized spacial score (nSPS) is 12.1.